The highest BCUT2D eigenvalue weighted by Crippen LogP contribution is 2.38. The fourth-order valence-electron chi connectivity index (χ4n) is 1.66. The van der Waals surface area contributed by atoms with Crippen LogP contribution in [0.1, 0.15) is 24.6 Å². The van der Waals surface area contributed by atoms with Crippen LogP contribution in [0.2, 0.25) is 0 Å². The van der Waals surface area contributed by atoms with Crippen LogP contribution in [0.4, 0.5) is 5.69 Å². The molecule has 1 fully saturated rings. The highest BCUT2D eigenvalue weighted by atomic mass is 32.2. The number of hydrogen-bond acceptors (Lipinski definition) is 5. The number of nitrogens with zero attached hydrogens (tertiary/aromatic N) is 2. The number of anilines is 1. The van der Waals surface area contributed by atoms with Crippen molar-refractivity contribution >= 4 is 17.4 Å². The van der Waals surface area contributed by atoms with E-state index >= 15 is 0 Å². The number of aromatic amines is 1. The average Bonchev–Trinajstić information content (AvgIpc) is 3.15. The van der Waals surface area contributed by atoms with Crippen molar-refractivity contribution < 1.29 is 0 Å². The molecule has 0 aromatic carbocycles. The Kier molecular flexibility index (Phi) is 2.79. The van der Waals surface area contributed by atoms with Gasteiger partial charge in [-0.2, -0.15) is 0 Å². The number of hydrogen-bond donors (Lipinski definition) is 2. The van der Waals surface area contributed by atoms with Gasteiger partial charge < -0.3 is 10.7 Å². The van der Waals surface area contributed by atoms with E-state index in [1.54, 1.807) is 12.4 Å². The first kappa shape index (κ1) is 11.3. The van der Waals surface area contributed by atoms with Crippen molar-refractivity contribution in [3.8, 4) is 0 Å². The van der Waals surface area contributed by atoms with Gasteiger partial charge in [0, 0.05) is 23.1 Å². The number of nitrogen functional groups attached to an aromatic ring is 1. The second-order valence-corrected chi connectivity index (χ2v) is 5.32. The SMILES string of the molecule is Nc1cnccc1Sc1cc(=O)[nH]c(C2CC2)n1. The molecular weight excluding hydrogens is 248 g/mol. The Morgan fingerprint density at radius 2 is 2.28 bits per heavy atom. The molecule has 1 saturated carbocycles. The van der Waals surface area contributed by atoms with Crippen molar-refractivity contribution in [1.82, 2.24) is 15.0 Å². The lowest BCUT2D eigenvalue weighted by atomic mass is 10.4. The zero-order valence-electron chi connectivity index (χ0n) is 9.59. The van der Waals surface area contributed by atoms with Gasteiger partial charge in [0.25, 0.3) is 5.56 Å². The molecule has 0 spiro atoms. The Hall–Kier alpha value is -1.82. The maximum atomic E-state index is 11.6. The van der Waals surface area contributed by atoms with Crippen LogP contribution in [0.3, 0.4) is 0 Å². The summed E-state index contributed by atoms with van der Waals surface area (Å²) in [5.74, 6) is 1.21. The third-order valence-electron chi connectivity index (χ3n) is 2.73. The van der Waals surface area contributed by atoms with E-state index in [0.717, 1.165) is 23.6 Å². The van der Waals surface area contributed by atoms with Crippen LogP contribution >= 0.6 is 11.8 Å². The minimum absolute atomic E-state index is 0.109. The van der Waals surface area contributed by atoms with Crippen molar-refractivity contribution in [3.63, 3.8) is 0 Å². The molecule has 5 nitrogen and oxygen atoms in total. The van der Waals surface area contributed by atoms with E-state index in [1.165, 1.54) is 17.8 Å². The molecule has 1 aliphatic carbocycles. The van der Waals surface area contributed by atoms with E-state index in [0.29, 0.717) is 16.6 Å². The predicted molar refractivity (Wildman–Crippen MR) is 69.6 cm³/mol. The van der Waals surface area contributed by atoms with Crippen molar-refractivity contribution in [2.24, 2.45) is 0 Å². The Bertz CT molecular complexity index is 636. The number of nitrogens with one attached hydrogen (secondary N) is 1. The molecule has 18 heavy (non-hydrogen) atoms. The molecule has 0 unspecified atom stereocenters. The van der Waals surface area contributed by atoms with Gasteiger partial charge in [0.1, 0.15) is 10.9 Å². The van der Waals surface area contributed by atoms with Gasteiger partial charge in [-0.3, -0.25) is 9.78 Å². The second-order valence-electron chi connectivity index (χ2n) is 4.26. The first-order valence-electron chi connectivity index (χ1n) is 5.71. The third-order valence-corrected chi connectivity index (χ3v) is 3.74. The Labute approximate surface area is 108 Å². The van der Waals surface area contributed by atoms with Crippen LogP contribution in [0.25, 0.3) is 0 Å². The molecule has 0 atom stereocenters. The molecule has 1 aliphatic rings. The average molecular weight is 260 g/mol. The predicted octanol–water partition coefficient (Wildman–Crippen LogP) is 1.78. The third kappa shape index (κ3) is 2.38. The van der Waals surface area contributed by atoms with Crippen LogP contribution in [0.5, 0.6) is 0 Å². The van der Waals surface area contributed by atoms with Crippen molar-refractivity contribution in [3.05, 3.63) is 40.7 Å². The van der Waals surface area contributed by atoms with E-state index in [2.05, 4.69) is 15.0 Å². The number of aromatic nitrogens is 3. The quantitative estimate of drug-likeness (QED) is 0.822. The summed E-state index contributed by atoms with van der Waals surface area (Å²) in [4.78, 5) is 23.6. The molecule has 3 rings (SSSR count). The van der Waals surface area contributed by atoms with E-state index < -0.39 is 0 Å². The summed E-state index contributed by atoms with van der Waals surface area (Å²) in [6.07, 6.45) is 5.48. The summed E-state index contributed by atoms with van der Waals surface area (Å²) in [6, 6.07) is 3.32. The van der Waals surface area contributed by atoms with Crippen LogP contribution in [-0.2, 0) is 0 Å². The Morgan fingerprint density at radius 1 is 1.44 bits per heavy atom. The van der Waals surface area contributed by atoms with Crippen LogP contribution in [-0.4, -0.2) is 15.0 Å². The van der Waals surface area contributed by atoms with Gasteiger partial charge in [0.15, 0.2) is 0 Å². The highest BCUT2D eigenvalue weighted by molar-refractivity contribution is 7.99. The maximum Gasteiger partial charge on any atom is 0.252 e. The normalized spacial score (nSPS) is 14.7. The monoisotopic (exact) mass is 260 g/mol. The minimum Gasteiger partial charge on any atom is -0.397 e. The summed E-state index contributed by atoms with van der Waals surface area (Å²) in [5, 5.41) is 0.679. The Balaban J connectivity index is 1.93. The fraction of sp³-hybridized carbons (Fsp3) is 0.250. The van der Waals surface area contributed by atoms with Gasteiger partial charge in [0.05, 0.1) is 11.9 Å². The Morgan fingerprint density at radius 3 is 3.00 bits per heavy atom. The topological polar surface area (TPSA) is 84.7 Å². The summed E-state index contributed by atoms with van der Waals surface area (Å²) >= 11 is 1.39. The smallest absolute Gasteiger partial charge is 0.252 e. The molecule has 0 radical (unpaired) electrons. The van der Waals surface area contributed by atoms with Crippen LogP contribution in [0, 0.1) is 0 Å². The zero-order chi connectivity index (χ0) is 12.5. The van der Waals surface area contributed by atoms with Gasteiger partial charge in [-0.1, -0.05) is 11.8 Å². The summed E-state index contributed by atoms with van der Waals surface area (Å²) < 4.78 is 0. The van der Waals surface area contributed by atoms with Gasteiger partial charge in [-0.25, -0.2) is 4.98 Å². The molecule has 6 heteroatoms. The number of rotatable bonds is 3. The van der Waals surface area contributed by atoms with Crippen LogP contribution < -0.4 is 11.3 Å². The molecule has 2 aromatic rings. The molecule has 2 aromatic heterocycles. The zero-order valence-corrected chi connectivity index (χ0v) is 10.4. The summed E-state index contributed by atoms with van der Waals surface area (Å²) in [6.45, 7) is 0. The van der Waals surface area contributed by atoms with E-state index in [4.69, 9.17) is 5.73 Å². The number of nitrogens with two attached hydrogens (primary N) is 1. The van der Waals surface area contributed by atoms with Gasteiger partial charge in [0.2, 0.25) is 0 Å². The van der Waals surface area contributed by atoms with Crippen molar-refractivity contribution in [2.75, 3.05) is 5.73 Å². The van der Waals surface area contributed by atoms with Crippen LogP contribution in [0.15, 0.2) is 39.2 Å². The molecule has 92 valence electrons. The number of H-pyrrole nitrogens is 1. The summed E-state index contributed by atoms with van der Waals surface area (Å²) in [7, 11) is 0. The second kappa shape index (κ2) is 4.45. The lowest BCUT2D eigenvalue weighted by Crippen LogP contribution is -2.10. The largest absolute Gasteiger partial charge is 0.397 e. The van der Waals surface area contributed by atoms with Crippen molar-refractivity contribution in [2.45, 2.75) is 28.7 Å². The van der Waals surface area contributed by atoms with E-state index in [9.17, 15) is 4.79 Å². The fourth-order valence-corrected chi connectivity index (χ4v) is 2.49. The molecule has 0 saturated heterocycles. The lowest BCUT2D eigenvalue weighted by molar-refractivity contribution is 0.860. The molecule has 0 aliphatic heterocycles. The van der Waals surface area contributed by atoms with Gasteiger partial charge in [-0.05, 0) is 18.9 Å². The van der Waals surface area contributed by atoms with E-state index in [-0.39, 0.29) is 5.56 Å². The summed E-state index contributed by atoms with van der Waals surface area (Å²) in [5.41, 5.74) is 6.31. The van der Waals surface area contributed by atoms with Gasteiger partial charge in [-0.15, -0.1) is 0 Å². The lowest BCUT2D eigenvalue weighted by Gasteiger charge is -2.05. The maximum absolute atomic E-state index is 11.6. The number of pyridine rings is 1. The molecule has 2 heterocycles. The minimum atomic E-state index is -0.109. The molecule has 0 amide bonds. The van der Waals surface area contributed by atoms with E-state index in [1.807, 2.05) is 6.07 Å². The highest BCUT2D eigenvalue weighted by Gasteiger charge is 2.26. The first-order valence-corrected chi connectivity index (χ1v) is 6.52. The molecule has 0 bridgehead atoms. The van der Waals surface area contributed by atoms with Crippen molar-refractivity contribution in [1.29, 1.82) is 0 Å². The standard InChI is InChI=1S/C12H12N4OS/c13-8-6-14-4-3-9(8)18-11-5-10(17)15-12(16-11)7-1-2-7/h3-7H,1-2,13H2,(H,15,16,17). The first-order chi connectivity index (χ1) is 8.72. The van der Waals surface area contributed by atoms with Gasteiger partial charge >= 0.3 is 0 Å². The molecular formula is C12H12N4OS. The molecule has 3 N–H and O–H groups in total.